The molecule has 2 aromatic rings. The third kappa shape index (κ3) is 4.24. The number of nitrogen functional groups attached to an aromatic ring is 1. The van der Waals surface area contributed by atoms with Crippen LogP contribution >= 0.6 is 0 Å². The molecule has 0 bridgehead atoms. The van der Waals surface area contributed by atoms with Gasteiger partial charge in [0.25, 0.3) is 0 Å². The molecule has 0 aliphatic carbocycles. The van der Waals surface area contributed by atoms with Gasteiger partial charge >= 0.3 is 6.09 Å². The van der Waals surface area contributed by atoms with Crippen molar-refractivity contribution in [2.24, 2.45) is 0 Å². The van der Waals surface area contributed by atoms with E-state index in [9.17, 15) is 9.90 Å². The summed E-state index contributed by atoms with van der Waals surface area (Å²) in [5.74, 6) is 6.37. The van der Waals surface area contributed by atoms with E-state index in [0.29, 0.717) is 17.1 Å². The van der Waals surface area contributed by atoms with Crippen LogP contribution < -0.4 is 10.6 Å². The number of benzene rings is 1. The summed E-state index contributed by atoms with van der Waals surface area (Å²) in [6, 6.07) is 10.7. The van der Waals surface area contributed by atoms with E-state index in [-0.39, 0.29) is 0 Å². The monoisotopic (exact) mass is 309 g/mol. The van der Waals surface area contributed by atoms with Gasteiger partial charge < -0.3 is 10.8 Å². The van der Waals surface area contributed by atoms with E-state index in [2.05, 4.69) is 16.8 Å². The highest BCUT2D eigenvalue weighted by molar-refractivity contribution is 5.86. The minimum Gasteiger partial charge on any atom is -0.465 e. The van der Waals surface area contributed by atoms with Crippen molar-refractivity contribution in [2.45, 2.75) is 26.3 Å². The second kappa shape index (κ2) is 6.41. The molecule has 23 heavy (non-hydrogen) atoms. The van der Waals surface area contributed by atoms with Gasteiger partial charge in [-0.1, -0.05) is 17.9 Å². The predicted molar refractivity (Wildman–Crippen MR) is 91.3 cm³/mol. The molecule has 5 nitrogen and oxygen atoms in total. The molecular weight excluding hydrogens is 290 g/mol. The molecule has 0 saturated heterocycles. The van der Waals surface area contributed by atoms with Crippen molar-refractivity contribution in [1.29, 1.82) is 0 Å². The number of carbonyl (C=O) groups is 1. The van der Waals surface area contributed by atoms with Crippen LogP contribution in [-0.2, 0) is 0 Å². The zero-order valence-electron chi connectivity index (χ0n) is 13.4. The van der Waals surface area contributed by atoms with Crippen molar-refractivity contribution >= 4 is 17.6 Å². The maximum atomic E-state index is 11.5. The molecule has 0 unspecified atom stereocenters. The van der Waals surface area contributed by atoms with Crippen molar-refractivity contribution in [3.63, 3.8) is 0 Å². The highest BCUT2D eigenvalue weighted by Gasteiger charge is 2.28. The first kappa shape index (κ1) is 16.4. The Morgan fingerprint density at radius 1 is 1.17 bits per heavy atom. The van der Waals surface area contributed by atoms with Gasteiger partial charge in [-0.25, -0.2) is 9.78 Å². The number of rotatable bonds is 1. The van der Waals surface area contributed by atoms with Crippen LogP contribution in [0.4, 0.5) is 16.3 Å². The molecule has 1 heterocycles. The second-order valence-electron chi connectivity index (χ2n) is 6.07. The first-order valence-electron chi connectivity index (χ1n) is 7.14. The zero-order valence-corrected chi connectivity index (χ0v) is 13.4. The number of aromatic nitrogens is 1. The van der Waals surface area contributed by atoms with Crippen molar-refractivity contribution in [3.8, 4) is 11.8 Å². The topological polar surface area (TPSA) is 79.5 Å². The number of nitrogens with two attached hydrogens (primary N) is 1. The molecule has 0 saturated carbocycles. The number of hydrogen-bond acceptors (Lipinski definition) is 3. The van der Waals surface area contributed by atoms with Crippen LogP contribution in [0, 0.1) is 11.8 Å². The number of anilines is 2. The molecule has 1 aromatic heterocycles. The predicted octanol–water partition coefficient (Wildman–Crippen LogP) is 3.35. The molecule has 0 fully saturated rings. The smallest absolute Gasteiger partial charge is 0.413 e. The fourth-order valence-corrected chi connectivity index (χ4v) is 2.11. The van der Waals surface area contributed by atoms with Gasteiger partial charge in [0.1, 0.15) is 5.82 Å². The Morgan fingerprint density at radius 3 is 2.39 bits per heavy atom. The quantitative estimate of drug-likeness (QED) is 0.625. The number of amides is 1. The normalized spacial score (nSPS) is 10.6. The summed E-state index contributed by atoms with van der Waals surface area (Å²) in [5.41, 5.74) is 7.26. The minimum atomic E-state index is -1.05. The maximum absolute atomic E-state index is 11.5. The standard InChI is InChI=1S/C18H19N3O2/c1-18(2,3)21(17(22)23)16-12-14(9-10-20-16)8-7-13-5-4-6-15(19)11-13/h4-6,9-12H,19H2,1-3H3,(H,22,23). The molecule has 1 aromatic carbocycles. The average Bonchev–Trinajstić information content (AvgIpc) is 2.44. The Hall–Kier alpha value is -3.00. The van der Waals surface area contributed by atoms with Gasteiger partial charge in [-0.15, -0.1) is 0 Å². The molecule has 0 spiro atoms. The Morgan fingerprint density at radius 2 is 1.83 bits per heavy atom. The number of pyridine rings is 1. The van der Waals surface area contributed by atoms with Gasteiger partial charge in [0.2, 0.25) is 0 Å². The Labute approximate surface area is 135 Å². The van der Waals surface area contributed by atoms with Crippen LogP contribution in [0.25, 0.3) is 0 Å². The minimum absolute atomic E-state index is 0.351. The molecular formula is C18H19N3O2. The van der Waals surface area contributed by atoms with Gasteiger partial charge in [0.15, 0.2) is 0 Å². The van der Waals surface area contributed by atoms with E-state index in [0.717, 1.165) is 5.56 Å². The van der Waals surface area contributed by atoms with Gasteiger partial charge in [-0.05, 0) is 51.1 Å². The molecule has 0 aliphatic rings. The molecule has 0 atom stereocenters. The van der Waals surface area contributed by atoms with Crippen LogP contribution in [0.5, 0.6) is 0 Å². The lowest BCUT2D eigenvalue weighted by molar-refractivity contribution is 0.195. The van der Waals surface area contributed by atoms with Crippen molar-refractivity contribution in [1.82, 2.24) is 4.98 Å². The van der Waals surface area contributed by atoms with Crippen LogP contribution in [0.3, 0.4) is 0 Å². The highest BCUT2D eigenvalue weighted by atomic mass is 16.4. The molecule has 0 aliphatic heterocycles. The zero-order chi connectivity index (χ0) is 17.0. The Balaban J connectivity index is 2.36. The van der Waals surface area contributed by atoms with Crippen molar-refractivity contribution in [3.05, 3.63) is 53.7 Å². The van der Waals surface area contributed by atoms with Gasteiger partial charge in [0, 0.05) is 28.6 Å². The fraction of sp³-hybridized carbons (Fsp3) is 0.222. The lowest BCUT2D eigenvalue weighted by Gasteiger charge is -2.32. The van der Waals surface area contributed by atoms with Crippen LogP contribution in [0.15, 0.2) is 42.6 Å². The molecule has 3 N–H and O–H groups in total. The lowest BCUT2D eigenvalue weighted by Crippen LogP contribution is -2.45. The molecule has 5 heteroatoms. The summed E-state index contributed by atoms with van der Waals surface area (Å²) in [7, 11) is 0. The maximum Gasteiger partial charge on any atom is 0.413 e. The number of hydrogen-bond donors (Lipinski definition) is 2. The van der Waals surface area contributed by atoms with Crippen LogP contribution in [0.2, 0.25) is 0 Å². The molecule has 118 valence electrons. The summed E-state index contributed by atoms with van der Waals surface area (Å²) in [4.78, 5) is 16.9. The van der Waals surface area contributed by atoms with Crippen LogP contribution in [0.1, 0.15) is 31.9 Å². The summed E-state index contributed by atoms with van der Waals surface area (Å²) in [5, 5.41) is 9.43. The summed E-state index contributed by atoms with van der Waals surface area (Å²) < 4.78 is 0. The van der Waals surface area contributed by atoms with Crippen LogP contribution in [-0.4, -0.2) is 21.7 Å². The third-order valence-electron chi connectivity index (χ3n) is 3.07. The average molecular weight is 309 g/mol. The largest absolute Gasteiger partial charge is 0.465 e. The first-order valence-corrected chi connectivity index (χ1v) is 7.14. The SMILES string of the molecule is CC(C)(C)N(C(=O)O)c1cc(C#Cc2cccc(N)c2)ccn1. The summed E-state index contributed by atoms with van der Waals surface area (Å²) in [6.07, 6.45) is 0.506. The van der Waals surface area contributed by atoms with E-state index < -0.39 is 11.6 Å². The van der Waals surface area contributed by atoms with Gasteiger partial charge in [-0.2, -0.15) is 0 Å². The molecule has 0 radical (unpaired) electrons. The number of carboxylic acid groups (broad SMARTS) is 1. The van der Waals surface area contributed by atoms with Crippen molar-refractivity contribution in [2.75, 3.05) is 10.6 Å². The second-order valence-corrected chi connectivity index (χ2v) is 6.07. The third-order valence-corrected chi connectivity index (χ3v) is 3.07. The van der Waals surface area contributed by atoms with E-state index in [1.807, 2.05) is 32.9 Å². The summed E-state index contributed by atoms with van der Waals surface area (Å²) >= 11 is 0. The number of nitrogens with zero attached hydrogens (tertiary/aromatic N) is 2. The van der Waals surface area contributed by atoms with E-state index >= 15 is 0 Å². The Kier molecular flexibility index (Phi) is 4.56. The Bertz CT molecular complexity index is 783. The van der Waals surface area contributed by atoms with Gasteiger partial charge in [-0.3, -0.25) is 4.90 Å². The fourth-order valence-electron chi connectivity index (χ4n) is 2.11. The molecule has 2 rings (SSSR count). The van der Waals surface area contributed by atoms with E-state index in [1.165, 1.54) is 4.90 Å². The summed E-state index contributed by atoms with van der Waals surface area (Å²) in [6.45, 7) is 5.44. The lowest BCUT2D eigenvalue weighted by atomic mass is 10.1. The highest BCUT2D eigenvalue weighted by Crippen LogP contribution is 2.22. The first-order chi connectivity index (χ1) is 10.8. The van der Waals surface area contributed by atoms with Crippen molar-refractivity contribution < 1.29 is 9.90 Å². The van der Waals surface area contributed by atoms with E-state index in [1.54, 1.807) is 30.5 Å². The van der Waals surface area contributed by atoms with E-state index in [4.69, 9.17) is 5.73 Å². The van der Waals surface area contributed by atoms with Gasteiger partial charge in [0.05, 0.1) is 0 Å². The molecule has 1 amide bonds.